The summed E-state index contributed by atoms with van der Waals surface area (Å²) in [7, 11) is 0. The molecule has 0 heterocycles. The van der Waals surface area contributed by atoms with E-state index >= 15 is 0 Å². The van der Waals surface area contributed by atoms with Crippen LogP contribution in [0.4, 0.5) is 0 Å². The van der Waals surface area contributed by atoms with Gasteiger partial charge in [-0.15, -0.1) is 0 Å². The van der Waals surface area contributed by atoms with Crippen molar-refractivity contribution in [2.24, 2.45) is 0 Å². The molecule has 0 saturated heterocycles. The summed E-state index contributed by atoms with van der Waals surface area (Å²) in [5.41, 5.74) is 2.81. The molecule has 0 unspecified atom stereocenters. The zero-order valence-electron chi connectivity index (χ0n) is 10.2. The highest BCUT2D eigenvalue weighted by Gasteiger charge is 2.13. The third-order valence-corrected chi connectivity index (χ3v) is 3.96. The van der Waals surface area contributed by atoms with Gasteiger partial charge in [0, 0.05) is 6.42 Å². The summed E-state index contributed by atoms with van der Waals surface area (Å²) in [6.07, 6.45) is 7.03. The van der Waals surface area contributed by atoms with E-state index in [0.717, 1.165) is 6.42 Å². The summed E-state index contributed by atoms with van der Waals surface area (Å²) in [4.78, 5) is 0. The number of fused-ring (bicyclic) bond motifs is 5. The standard InChI is InChI=1S/C18H14/c1-3-7-15-13(5-1)9-11-18-16-8-4-2-6-14(16)10-12-17(15)18/h1,3,5,7,9-12H,2,4,8H2. The molecule has 18 heavy (non-hydrogen) atoms. The molecule has 0 fully saturated rings. The van der Waals surface area contributed by atoms with Crippen molar-refractivity contribution in [3.05, 3.63) is 66.1 Å². The zero-order chi connectivity index (χ0) is 11.9. The van der Waals surface area contributed by atoms with Crippen LogP contribution in [0, 0.1) is 6.42 Å². The van der Waals surface area contributed by atoms with Gasteiger partial charge in [0.1, 0.15) is 0 Å². The number of hydrogen-bond acceptors (Lipinski definition) is 0. The largest absolute Gasteiger partial charge is 0.0616 e. The highest BCUT2D eigenvalue weighted by molar-refractivity contribution is 6.08. The Labute approximate surface area is 107 Å². The smallest absolute Gasteiger partial charge is 0.0168 e. The molecule has 2 radical (unpaired) electrons. The van der Waals surface area contributed by atoms with Crippen molar-refractivity contribution in [2.45, 2.75) is 19.3 Å². The lowest BCUT2D eigenvalue weighted by atomic mass is 9.86. The van der Waals surface area contributed by atoms with Crippen molar-refractivity contribution >= 4 is 21.5 Å². The van der Waals surface area contributed by atoms with E-state index in [9.17, 15) is 0 Å². The van der Waals surface area contributed by atoms with E-state index in [4.69, 9.17) is 0 Å². The first-order valence-corrected chi connectivity index (χ1v) is 6.61. The molecule has 0 aromatic heterocycles. The van der Waals surface area contributed by atoms with Crippen molar-refractivity contribution in [3.63, 3.8) is 0 Å². The number of aryl methyl sites for hydroxylation is 1. The van der Waals surface area contributed by atoms with Gasteiger partial charge in [0.05, 0.1) is 0 Å². The lowest BCUT2D eigenvalue weighted by molar-refractivity contribution is 0.781. The van der Waals surface area contributed by atoms with E-state index in [-0.39, 0.29) is 0 Å². The third-order valence-electron chi connectivity index (χ3n) is 3.96. The lowest BCUT2D eigenvalue weighted by Crippen LogP contribution is -2.01. The lowest BCUT2D eigenvalue weighted by Gasteiger charge is -2.18. The van der Waals surface area contributed by atoms with E-state index in [1.807, 2.05) is 0 Å². The summed E-state index contributed by atoms with van der Waals surface area (Å²) in [5.74, 6) is 0. The number of rotatable bonds is 0. The molecule has 4 rings (SSSR count). The first-order chi connectivity index (χ1) is 8.93. The number of hydrogen-bond donors (Lipinski definition) is 0. The molecular formula is C18H14. The Balaban J connectivity index is 2.15. The molecule has 0 amide bonds. The van der Waals surface area contributed by atoms with Crippen LogP contribution in [0.1, 0.15) is 24.0 Å². The summed E-state index contributed by atoms with van der Waals surface area (Å²) in [5, 5.41) is 5.49. The summed E-state index contributed by atoms with van der Waals surface area (Å²) < 4.78 is 0. The van der Waals surface area contributed by atoms with Crippen LogP contribution in [0.15, 0.2) is 48.5 Å². The van der Waals surface area contributed by atoms with Crippen LogP contribution in [-0.2, 0) is 6.42 Å². The van der Waals surface area contributed by atoms with Gasteiger partial charge in [-0.1, -0.05) is 48.5 Å². The maximum atomic E-state index is 3.50. The van der Waals surface area contributed by atoms with Crippen molar-refractivity contribution in [3.8, 4) is 0 Å². The van der Waals surface area contributed by atoms with Crippen molar-refractivity contribution < 1.29 is 0 Å². The molecular weight excluding hydrogens is 216 g/mol. The molecule has 1 aliphatic carbocycles. The predicted octanol–water partition coefficient (Wildman–Crippen LogP) is 4.76. The normalized spacial score (nSPS) is 14.9. The second-order valence-electron chi connectivity index (χ2n) is 5.00. The Morgan fingerprint density at radius 3 is 2.67 bits per heavy atom. The van der Waals surface area contributed by atoms with E-state index in [1.54, 1.807) is 0 Å². The first kappa shape index (κ1) is 10.1. The Bertz CT molecular complexity index is 737. The van der Waals surface area contributed by atoms with E-state index in [2.05, 4.69) is 55.0 Å². The quantitative estimate of drug-likeness (QED) is 0.488. The van der Waals surface area contributed by atoms with E-state index in [1.165, 1.54) is 45.5 Å². The Hall–Kier alpha value is -1.82. The number of benzene rings is 3. The predicted molar refractivity (Wildman–Crippen MR) is 76.7 cm³/mol. The summed E-state index contributed by atoms with van der Waals surface area (Å²) >= 11 is 0. The molecule has 0 N–H and O–H groups in total. The van der Waals surface area contributed by atoms with Crippen molar-refractivity contribution in [1.82, 2.24) is 0 Å². The highest BCUT2D eigenvalue weighted by Crippen LogP contribution is 2.33. The molecule has 0 heteroatoms. The van der Waals surface area contributed by atoms with Crippen LogP contribution in [-0.4, -0.2) is 0 Å². The Morgan fingerprint density at radius 2 is 1.67 bits per heavy atom. The van der Waals surface area contributed by atoms with Gasteiger partial charge < -0.3 is 0 Å². The second-order valence-corrected chi connectivity index (χ2v) is 5.00. The monoisotopic (exact) mass is 230 g/mol. The van der Waals surface area contributed by atoms with E-state index < -0.39 is 0 Å². The maximum Gasteiger partial charge on any atom is 0.0168 e. The summed E-state index contributed by atoms with van der Waals surface area (Å²) in [6.45, 7) is 0. The van der Waals surface area contributed by atoms with Gasteiger partial charge in [-0.05, 0) is 51.9 Å². The summed E-state index contributed by atoms with van der Waals surface area (Å²) in [6, 6.07) is 17.7. The highest BCUT2D eigenvalue weighted by atomic mass is 14.2. The van der Waals surface area contributed by atoms with Gasteiger partial charge in [0.25, 0.3) is 0 Å². The Morgan fingerprint density at radius 1 is 0.778 bits per heavy atom. The molecule has 0 nitrogen and oxygen atoms in total. The van der Waals surface area contributed by atoms with Crippen LogP contribution in [0.2, 0.25) is 0 Å². The van der Waals surface area contributed by atoms with Gasteiger partial charge in [0.2, 0.25) is 0 Å². The molecule has 3 aromatic rings. The van der Waals surface area contributed by atoms with Crippen LogP contribution >= 0.6 is 0 Å². The van der Waals surface area contributed by atoms with Crippen LogP contribution < -0.4 is 0 Å². The van der Waals surface area contributed by atoms with Gasteiger partial charge in [-0.3, -0.25) is 0 Å². The third kappa shape index (κ3) is 1.38. The van der Waals surface area contributed by atoms with E-state index in [0.29, 0.717) is 0 Å². The molecule has 0 saturated carbocycles. The molecule has 86 valence electrons. The average molecular weight is 230 g/mol. The zero-order valence-corrected chi connectivity index (χ0v) is 10.2. The van der Waals surface area contributed by atoms with Crippen molar-refractivity contribution in [2.75, 3.05) is 0 Å². The fourth-order valence-corrected chi connectivity index (χ4v) is 3.07. The van der Waals surface area contributed by atoms with Gasteiger partial charge in [-0.2, -0.15) is 0 Å². The van der Waals surface area contributed by atoms with Crippen LogP contribution in [0.25, 0.3) is 21.5 Å². The molecule has 1 aliphatic rings. The minimum Gasteiger partial charge on any atom is -0.0616 e. The van der Waals surface area contributed by atoms with Crippen LogP contribution in [0.3, 0.4) is 0 Å². The van der Waals surface area contributed by atoms with Gasteiger partial charge in [0.15, 0.2) is 0 Å². The fraction of sp³-hybridized carbons (Fsp3) is 0.167. The molecule has 0 bridgehead atoms. The molecule has 0 atom stereocenters. The fourth-order valence-electron chi connectivity index (χ4n) is 3.07. The topological polar surface area (TPSA) is 0 Å². The SMILES string of the molecule is [C]1CCCc2c1ccc1c2ccc2ccccc21. The molecule has 0 spiro atoms. The second kappa shape index (κ2) is 3.84. The minimum absolute atomic E-state index is 1.10. The molecule has 0 aliphatic heterocycles. The minimum atomic E-state index is 1.10. The first-order valence-electron chi connectivity index (χ1n) is 6.61. The molecule has 3 aromatic carbocycles. The van der Waals surface area contributed by atoms with Gasteiger partial charge in [-0.25, -0.2) is 0 Å². The average Bonchev–Trinajstić information content (AvgIpc) is 2.46. The Kier molecular flexibility index (Phi) is 2.16. The van der Waals surface area contributed by atoms with Crippen molar-refractivity contribution in [1.29, 1.82) is 0 Å². The van der Waals surface area contributed by atoms with Gasteiger partial charge >= 0.3 is 0 Å². The van der Waals surface area contributed by atoms with Crippen LogP contribution in [0.5, 0.6) is 0 Å². The maximum absolute atomic E-state index is 3.50.